The van der Waals surface area contributed by atoms with Crippen molar-refractivity contribution in [2.75, 3.05) is 26.3 Å². The molecule has 5 heteroatoms. The fourth-order valence-electron chi connectivity index (χ4n) is 5.37. The van der Waals surface area contributed by atoms with Crippen LogP contribution in [0, 0.1) is 17.8 Å². The smallest absolute Gasteiger partial charge is 0.184 e. The highest BCUT2D eigenvalue weighted by Crippen LogP contribution is 2.40. The Morgan fingerprint density at radius 2 is 1.62 bits per heavy atom. The molecule has 1 aliphatic heterocycles. The second kappa shape index (κ2) is 7.71. The maximum absolute atomic E-state index is 13.4. The van der Waals surface area contributed by atoms with E-state index in [1.54, 1.807) is 0 Å². The summed E-state index contributed by atoms with van der Waals surface area (Å²) in [7, 11) is 0. The van der Waals surface area contributed by atoms with Crippen LogP contribution < -0.4 is 5.32 Å². The van der Waals surface area contributed by atoms with E-state index in [1.165, 1.54) is 12.8 Å². The van der Waals surface area contributed by atoms with Crippen LogP contribution in [-0.4, -0.2) is 48.8 Å². The van der Waals surface area contributed by atoms with Crippen LogP contribution >= 0.6 is 0 Å². The van der Waals surface area contributed by atoms with Crippen molar-refractivity contribution in [3.63, 3.8) is 0 Å². The molecule has 26 heavy (non-hydrogen) atoms. The molecule has 0 aromatic rings. The lowest BCUT2D eigenvalue weighted by atomic mass is 9.69. The zero-order valence-electron chi connectivity index (χ0n) is 16.0. The van der Waals surface area contributed by atoms with Gasteiger partial charge in [-0.15, -0.1) is 0 Å². The molecule has 1 saturated heterocycles. The van der Waals surface area contributed by atoms with E-state index in [2.05, 4.69) is 17.1 Å². The number of Topliss-reactive ketones (excluding diaryl/α,β-unsaturated/α-hetero) is 2. The Morgan fingerprint density at radius 3 is 2.31 bits per heavy atom. The van der Waals surface area contributed by atoms with Crippen LogP contribution in [0.25, 0.3) is 0 Å². The highest BCUT2D eigenvalue weighted by molar-refractivity contribution is 6.13. The molecule has 3 aliphatic carbocycles. The summed E-state index contributed by atoms with van der Waals surface area (Å²) in [5.41, 5.74) is 1.32. The highest BCUT2D eigenvalue weighted by Gasteiger charge is 2.46. The summed E-state index contributed by atoms with van der Waals surface area (Å²) in [6.07, 6.45) is 8.54. The van der Waals surface area contributed by atoms with E-state index in [9.17, 15) is 9.59 Å². The van der Waals surface area contributed by atoms with Crippen molar-refractivity contribution in [1.82, 2.24) is 10.2 Å². The molecule has 0 bridgehead atoms. The van der Waals surface area contributed by atoms with Crippen LogP contribution in [0.15, 0.2) is 11.4 Å². The van der Waals surface area contributed by atoms with Crippen molar-refractivity contribution in [1.29, 1.82) is 0 Å². The van der Waals surface area contributed by atoms with Crippen LogP contribution in [0.5, 0.6) is 0 Å². The lowest BCUT2D eigenvalue weighted by molar-refractivity contribution is -0.134. The number of nitrogens with one attached hydrogen (secondary N) is 1. The molecule has 5 nitrogen and oxygen atoms in total. The Kier molecular flexibility index (Phi) is 5.35. The Hall–Kier alpha value is -1.36. The summed E-state index contributed by atoms with van der Waals surface area (Å²) in [6.45, 7) is 4.96. The van der Waals surface area contributed by atoms with Crippen molar-refractivity contribution in [2.24, 2.45) is 17.8 Å². The van der Waals surface area contributed by atoms with E-state index < -0.39 is 0 Å². The summed E-state index contributed by atoms with van der Waals surface area (Å²) in [5, 5.41) is 3.58. The summed E-state index contributed by atoms with van der Waals surface area (Å²) in [5.74, 6) is 0.913. The van der Waals surface area contributed by atoms with E-state index >= 15 is 0 Å². The molecule has 4 atom stereocenters. The zero-order valence-corrected chi connectivity index (χ0v) is 16.0. The number of hydrogen-bond acceptors (Lipinski definition) is 5. The first-order chi connectivity index (χ1) is 12.6. The van der Waals surface area contributed by atoms with Crippen molar-refractivity contribution in [3.05, 3.63) is 11.4 Å². The molecule has 1 heterocycles. The highest BCUT2D eigenvalue weighted by atomic mass is 16.5. The van der Waals surface area contributed by atoms with Gasteiger partial charge in [-0.3, -0.25) is 9.59 Å². The van der Waals surface area contributed by atoms with E-state index in [-0.39, 0.29) is 23.4 Å². The van der Waals surface area contributed by atoms with Crippen LogP contribution in [0.3, 0.4) is 0 Å². The molecule has 2 saturated carbocycles. The predicted octanol–water partition coefficient (Wildman–Crippen LogP) is 2.66. The molecular formula is C21H32N2O3. The van der Waals surface area contributed by atoms with E-state index in [0.717, 1.165) is 38.5 Å². The number of ketones is 2. The minimum atomic E-state index is -0.0930. The van der Waals surface area contributed by atoms with Gasteiger partial charge >= 0.3 is 0 Å². The summed E-state index contributed by atoms with van der Waals surface area (Å²) >= 11 is 0. The molecule has 4 aliphatic rings. The number of allylic oxidation sites excluding steroid dienone is 2. The van der Waals surface area contributed by atoms with Crippen molar-refractivity contribution >= 4 is 11.6 Å². The van der Waals surface area contributed by atoms with E-state index in [4.69, 9.17) is 4.74 Å². The van der Waals surface area contributed by atoms with Crippen molar-refractivity contribution < 1.29 is 14.3 Å². The number of hydrogen-bond donors (Lipinski definition) is 1. The Labute approximate surface area is 156 Å². The molecule has 3 fully saturated rings. The number of carbonyl (C=O) groups is 2. The predicted molar refractivity (Wildman–Crippen MR) is 99.4 cm³/mol. The topological polar surface area (TPSA) is 58.6 Å². The van der Waals surface area contributed by atoms with E-state index in [0.29, 0.717) is 49.7 Å². The SMILES string of the molecule is CC1CCCC(NC2=C(N3CCOCC3)C(=O)C3CCCCC3C2=O)C1. The van der Waals surface area contributed by atoms with Crippen molar-refractivity contribution in [3.8, 4) is 0 Å². The average Bonchev–Trinajstić information content (AvgIpc) is 2.67. The zero-order chi connectivity index (χ0) is 18.1. The molecule has 0 aromatic heterocycles. The van der Waals surface area contributed by atoms with Crippen molar-refractivity contribution in [2.45, 2.75) is 64.3 Å². The number of fused-ring (bicyclic) bond motifs is 1. The number of carbonyl (C=O) groups excluding carboxylic acids is 2. The first-order valence-corrected chi connectivity index (χ1v) is 10.6. The molecule has 0 radical (unpaired) electrons. The van der Waals surface area contributed by atoms with Gasteiger partial charge in [-0.2, -0.15) is 0 Å². The standard InChI is InChI=1S/C21H32N2O3/c1-14-5-4-6-15(13-14)22-18-19(23-9-11-26-12-10-23)21(25)17-8-3-2-7-16(17)20(18)24/h14-17,22H,2-13H2,1H3. The first kappa shape index (κ1) is 18.0. The summed E-state index contributed by atoms with van der Waals surface area (Å²) < 4.78 is 5.48. The number of morpholine rings is 1. The van der Waals surface area contributed by atoms with Gasteiger partial charge < -0.3 is 15.0 Å². The van der Waals surface area contributed by atoms with Gasteiger partial charge in [-0.1, -0.05) is 32.6 Å². The van der Waals surface area contributed by atoms with Crippen LogP contribution in [0.4, 0.5) is 0 Å². The van der Waals surface area contributed by atoms with Gasteiger partial charge in [0.15, 0.2) is 11.6 Å². The number of rotatable bonds is 3. The van der Waals surface area contributed by atoms with Gasteiger partial charge in [-0.05, 0) is 31.6 Å². The Bertz CT molecular complexity index is 594. The largest absolute Gasteiger partial charge is 0.378 e. The fraction of sp³-hybridized carbons (Fsp3) is 0.810. The number of nitrogens with zero attached hydrogens (tertiary/aromatic N) is 1. The fourth-order valence-corrected chi connectivity index (χ4v) is 5.37. The first-order valence-electron chi connectivity index (χ1n) is 10.6. The number of ether oxygens (including phenoxy) is 1. The quantitative estimate of drug-likeness (QED) is 0.838. The second-order valence-electron chi connectivity index (χ2n) is 8.66. The van der Waals surface area contributed by atoms with Gasteiger partial charge in [0, 0.05) is 31.0 Å². The van der Waals surface area contributed by atoms with Crippen LogP contribution in [0.2, 0.25) is 0 Å². The van der Waals surface area contributed by atoms with Crippen LogP contribution in [0.1, 0.15) is 58.3 Å². The molecule has 0 aromatic carbocycles. The second-order valence-corrected chi connectivity index (χ2v) is 8.66. The lowest BCUT2D eigenvalue weighted by Gasteiger charge is -2.41. The molecule has 144 valence electrons. The molecule has 4 unspecified atom stereocenters. The van der Waals surface area contributed by atoms with Gasteiger partial charge in [0.25, 0.3) is 0 Å². The third-order valence-electron chi connectivity index (χ3n) is 6.77. The maximum Gasteiger partial charge on any atom is 0.184 e. The monoisotopic (exact) mass is 360 g/mol. The Morgan fingerprint density at radius 1 is 0.923 bits per heavy atom. The normalized spacial score (nSPS) is 36.1. The van der Waals surface area contributed by atoms with Crippen LogP contribution in [-0.2, 0) is 14.3 Å². The summed E-state index contributed by atoms with van der Waals surface area (Å²) in [4.78, 5) is 28.9. The van der Waals surface area contributed by atoms with Gasteiger partial charge in [0.1, 0.15) is 11.4 Å². The Balaban J connectivity index is 1.66. The molecule has 1 N–H and O–H groups in total. The van der Waals surface area contributed by atoms with E-state index in [1.807, 2.05) is 0 Å². The maximum atomic E-state index is 13.4. The molecule has 0 amide bonds. The minimum absolute atomic E-state index is 0.0927. The third-order valence-corrected chi connectivity index (χ3v) is 6.77. The molecular weight excluding hydrogens is 328 g/mol. The molecule has 4 rings (SSSR count). The van der Waals surface area contributed by atoms with Gasteiger partial charge in [0.2, 0.25) is 0 Å². The minimum Gasteiger partial charge on any atom is -0.378 e. The average molecular weight is 360 g/mol. The lowest BCUT2D eigenvalue weighted by Crippen LogP contribution is -2.51. The van der Waals surface area contributed by atoms with Gasteiger partial charge in [0.05, 0.1) is 13.2 Å². The molecule has 0 spiro atoms. The summed E-state index contributed by atoms with van der Waals surface area (Å²) in [6, 6.07) is 0.321. The van der Waals surface area contributed by atoms with Gasteiger partial charge in [-0.25, -0.2) is 0 Å². The third kappa shape index (κ3) is 3.42.